The Hall–Kier alpha value is -3.10. The van der Waals surface area contributed by atoms with Crippen molar-refractivity contribution in [1.29, 1.82) is 0 Å². The lowest BCUT2D eigenvalue weighted by Gasteiger charge is -2.12. The maximum atomic E-state index is 12.3. The van der Waals surface area contributed by atoms with Crippen LogP contribution >= 0.6 is 0 Å². The quantitative estimate of drug-likeness (QED) is 0.589. The van der Waals surface area contributed by atoms with Gasteiger partial charge in [0.15, 0.2) is 6.61 Å². The molecule has 0 aliphatic carbocycles. The third-order valence-electron chi connectivity index (χ3n) is 4.22. The summed E-state index contributed by atoms with van der Waals surface area (Å²) in [5.41, 5.74) is 2.38. The zero-order chi connectivity index (χ0) is 20.9. The molecule has 152 valence electrons. The molecule has 0 radical (unpaired) electrons. The van der Waals surface area contributed by atoms with Crippen molar-refractivity contribution in [3.05, 3.63) is 77.7 Å². The van der Waals surface area contributed by atoms with E-state index in [0.29, 0.717) is 17.2 Å². The van der Waals surface area contributed by atoms with E-state index in [9.17, 15) is 13.2 Å². The van der Waals surface area contributed by atoms with Crippen molar-refractivity contribution in [1.82, 2.24) is 4.72 Å². The van der Waals surface area contributed by atoms with Crippen LogP contribution < -0.4 is 14.8 Å². The number of anilines is 1. The minimum atomic E-state index is -3.68. The molecule has 8 heteroatoms. The lowest BCUT2D eigenvalue weighted by Crippen LogP contribution is -2.23. The second-order valence-corrected chi connectivity index (χ2v) is 8.25. The van der Waals surface area contributed by atoms with Gasteiger partial charge in [0, 0.05) is 5.69 Å². The third kappa shape index (κ3) is 5.46. The third-order valence-corrected chi connectivity index (χ3v) is 5.64. The average molecular weight is 414 g/mol. The molecule has 0 fully saturated rings. The van der Waals surface area contributed by atoms with Crippen molar-refractivity contribution in [2.24, 2.45) is 0 Å². The molecule has 1 heterocycles. The lowest BCUT2D eigenvalue weighted by atomic mass is 10.1. The molecule has 3 aromatic rings. The van der Waals surface area contributed by atoms with E-state index in [0.717, 1.165) is 11.1 Å². The van der Waals surface area contributed by atoms with Gasteiger partial charge in [-0.05, 0) is 61.4 Å². The van der Waals surface area contributed by atoms with Crippen LogP contribution in [0.3, 0.4) is 0 Å². The molecular weight excluding hydrogens is 392 g/mol. The van der Waals surface area contributed by atoms with E-state index in [1.54, 1.807) is 12.1 Å². The number of ether oxygens (including phenoxy) is 1. The van der Waals surface area contributed by atoms with E-state index in [1.165, 1.54) is 30.5 Å². The van der Waals surface area contributed by atoms with Gasteiger partial charge in [-0.3, -0.25) is 4.79 Å². The summed E-state index contributed by atoms with van der Waals surface area (Å²) in [5, 5.41) is 2.69. The second-order valence-electron chi connectivity index (χ2n) is 6.49. The van der Waals surface area contributed by atoms with Gasteiger partial charge in [0.1, 0.15) is 11.5 Å². The molecule has 0 saturated carbocycles. The Labute approximate surface area is 169 Å². The predicted molar refractivity (Wildman–Crippen MR) is 109 cm³/mol. The Morgan fingerprint density at radius 3 is 2.31 bits per heavy atom. The average Bonchev–Trinajstić information content (AvgIpc) is 3.20. The van der Waals surface area contributed by atoms with Crippen molar-refractivity contribution in [2.75, 3.05) is 11.9 Å². The first-order valence-corrected chi connectivity index (χ1v) is 10.4. The number of nitrogens with one attached hydrogen (secondary N) is 2. The molecule has 2 aromatic carbocycles. The molecule has 7 nitrogen and oxygen atoms in total. The van der Waals surface area contributed by atoms with Gasteiger partial charge >= 0.3 is 0 Å². The molecule has 0 saturated heterocycles. The van der Waals surface area contributed by atoms with Gasteiger partial charge in [0.25, 0.3) is 5.91 Å². The maximum absolute atomic E-state index is 12.3. The van der Waals surface area contributed by atoms with Crippen molar-refractivity contribution >= 4 is 21.6 Å². The Balaban J connectivity index is 1.56. The minimum Gasteiger partial charge on any atom is -0.483 e. The number of rotatable bonds is 8. The number of sulfonamides is 1. The summed E-state index contributed by atoms with van der Waals surface area (Å²) in [4.78, 5) is 12.2. The molecule has 29 heavy (non-hydrogen) atoms. The predicted octanol–water partition coefficient (Wildman–Crippen LogP) is 3.39. The van der Waals surface area contributed by atoms with Crippen molar-refractivity contribution in [3.63, 3.8) is 0 Å². The number of carbonyl (C=O) groups is 1. The van der Waals surface area contributed by atoms with Crippen LogP contribution in [-0.2, 0) is 21.4 Å². The zero-order valence-corrected chi connectivity index (χ0v) is 17.0. The molecule has 0 aliphatic heterocycles. The van der Waals surface area contributed by atoms with Crippen LogP contribution in [0.4, 0.5) is 5.69 Å². The van der Waals surface area contributed by atoms with Gasteiger partial charge in [-0.25, -0.2) is 13.1 Å². The van der Waals surface area contributed by atoms with Crippen LogP contribution in [0.1, 0.15) is 16.9 Å². The fourth-order valence-electron chi connectivity index (χ4n) is 2.74. The number of amides is 1. The normalized spacial score (nSPS) is 11.2. The highest BCUT2D eigenvalue weighted by molar-refractivity contribution is 7.89. The van der Waals surface area contributed by atoms with Gasteiger partial charge in [0.2, 0.25) is 10.0 Å². The molecule has 3 rings (SSSR count). The zero-order valence-electron chi connectivity index (χ0n) is 16.1. The Bertz CT molecular complexity index is 1050. The van der Waals surface area contributed by atoms with Gasteiger partial charge < -0.3 is 14.5 Å². The van der Waals surface area contributed by atoms with Gasteiger partial charge in [-0.2, -0.15) is 0 Å². The summed E-state index contributed by atoms with van der Waals surface area (Å²) in [6.07, 6.45) is 1.48. The number of para-hydroxylation sites is 1. The lowest BCUT2D eigenvalue weighted by molar-refractivity contribution is -0.118. The van der Waals surface area contributed by atoms with Crippen LogP contribution in [0, 0.1) is 13.8 Å². The molecule has 0 spiro atoms. The number of hydrogen-bond donors (Lipinski definition) is 2. The van der Waals surface area contributed by atoms with Crippen LogP contribution in [0.2, 0.25) is 0 Å². The van der Waals surface area contributed by atoms with E-state index >= 15 is 0 Å². The molecule has 1 amide bonds. The highest BCUT2D eigenvalue weighted by Crippen LogP contribution is 2.22. The van der Waals surface area contributed by atoms with E-state index in [2.05, 4.69) is 10.0 Å². The second kappa shape index (κ2) is 8.93. The Kier molecular flexibility index (Phi) is 6.36. The summed E-state index contributed by atoms with van der Waals surface area (Å²) in [6.45, 7) is 3.75. The smallest absolute Gasteiger partial charge is 0.262 e. The Morgan fingerprint density at radius 1 is 1.00 bits per heavy atom. The van der Waals surface area contributed by atoms with Crippen LogP contribution in [-0.4, -0.2) is 20.9 Å². The van der Waals surface area contributed by atoms with Crippen molar-refractivity contribution < 1.29 is 22.4 Å². The van der Waals surface area contributed by atoms with Crippen LogP contribution in [0.5, 0.6) is 5.75 Å². The number of hydrogen-bond acceptors (Lipinski definition) is 5. The maximum Gasteiger partial charge on any atom is 0.262 e. The fourth-order valence-corrected chi connectivity index (χ4v) is 3.74. The minimum absolute atomic E-state index is 0.0590. The van der Waals surface area contributed by atoms with Gasteiger partial charge in [-0.15, -0.1) is 0 Å². The summed E-state index contributed by atoms with van der Waals surface area (Å²) >= 11 is 0. The first-order valence-electron chi connectivity index (χ1n) is 8.96. The monoisotopic (exact) mass is 414 g/mol. The van der Waals surface area contributed by atoms with Gasteiger partial charge in [0.05, 0.1) is 17.7 Å². The molecule has 0 unspecified atom stereocenters. The topological polar surface area (TPSA) is 97.6 Å². The molecule has 2 N–H and O–H groups in total. The van der Waals surface area contributed by atoms with E-state index in [4.69, 9.17) is 9.15 Å². The van der Waals surface area contributed by atoms with Crippen LogP contribution in [0.15, 0.2) is 70.2 Å². The Morgan fingerprint density at radius 2 is 1.69 bits per heavy atom. The number of aryl methyl sites for hydroxylation is 2. The van der Waals surface area contributed by atoms with Crippen molar-refractivity contribution in [3.8, 4) is 5.75 Å². The van der Waals surface area contributed by atoms with E-state index < -0.39 is 10.0 Å². The molecule has 0 atom stereocenters. The van der Waals surface area contributed by atoms with Crippen LogP contribution in [0.25, 0.3) is 0 Å². The number of benzene rings is 2. The van der Waals surface area contributed by atoms with Gasteiger partial charge in [-0.1, -0.05) is 18.2 Å². The fraction of sp³-hybridized carbons (Fsp3) is 0.190. The summed E-state index contributed by atoms with van der Waals surface area (Å²) in [7, 11) is -3.68. The van der Waals surface area contributed by atoms with E-state index in [-0.39, 0.29) is 24.0 Å². The number of furan rings is 1. The first kappa shape index (κ1) is 20.6. The highest BCUT2D eigenvalue weighted by Gasteiger charge is 2.15. The molecule has 0 aliphatic rings. The molecule has 1 aromatic heterocycles. The SMILES string of the molecule is Cc1cccc(C)c1OCC(=O)Nc1ccc(S(=O)(=O)NCc2ccco2)cc1. The molecule has 0 bridgehead atoms. The summed E-state index contributed by atoms with van der Waals surface area (Å²) < 4.78 is 37.8. The first-order chi connectivity index (χ1) is 13.8. The van der Waals surface area contributed by atoms with E-state index in [1.807, 2.05) is 32.0 Å². The summed E-state index contributed by atoms with van der Waals surface area (Å²) in [5.74, 6) is 0.868. The largest absolute Gasteiger partial charge is 0.483 e. The standard InChI is InChI=1S/C21H22N2O5S/c1-15-5-3-6-16(2)21(15)28-14-20(24)23-17-8-10-19(11-9-17)29(25,26)22-13-18-7-4-12-27-18/h3-12,22H,13-14H2,1-2H3,(H,23,24). The molecular formula is C21H22N2O5S. The van der Waals surface area contributed by atoms with Crippen molar-refractivity contribution in [2.45, 2.75) is 25.3 Å². The highest BCUT2D eigenvalue weighted by atomic mass is 32.2. The number of carbonyl (C=O) groups excluding carboxylic acids is 1. The summed E-state index contributed by atoms with van der Waals surface area (Å²) in [6, 6.07) is 15.0.